The number of nitrogens with one attached hydrogen (secondary N) is 1. The van der Waals surface area contributed by atoms with Crippen LogP contribution in [0.4, 0.5) is 13.2 Å². The minimum atomic E-state index is -1.44. The maximum absolute atomic E-state index is 14.7. The molecule has 3 aromatic rings. The third-order valence-electron chi connectivity index (χ3n) is 5.69. The fraction of sp³-hybridized carbons (Fsp3) is 0.217. The first-order chi connectivity index (χ1) is 16.6. The zero-order valence-electron chi connectivity index (χ0n) is 18.2. The smallest absolute Gasteiger partial charge is 0.348 e. The third kappa shape index (κ3) is 4.91. The highest BCUT2D eigenvalue weighted by Crippen LogP contribution is 2.43. The zero-order valence-corrected chi connectivity index (χ0v) is 19.8. The Hall–Kier alpha value is -2.96. The lowest BCUT2D eigenvalue weighted by Gasteiger charge is -2.18. The number of carbonyl (C=O) groups is 1. The van der Waals surface area contributed by atoms with E-state index in [1.165, 1.54) is 30.4 Å². The molecule has 12 heteroatoms. The van der Waals surface area contributed by atoms with Crippen molar-refractivity contribution in [3.63, 3.8) is 0 Å². The molecule has 35 heavy (non-hydrogen) atoms. The van der Waals surface area contributed by atoms with Gasteiger partial charge in [0.2, 0.25) is 0 Å². The summed E-state index contributed by atoms with van der Waals surface area (Å²) in [4.78, 5) is 22.7. The number of carboxylic acid groups (broad SMARTS) is 1. The molecule has 1 saturated carbocycles. The number of quaternary nitrogens is 1. The van der Waals surface area contributed by atoms with Gasteiger partial charge in [-0.3, -0.25) is 0 Å². The number of hydroxylamine groups is 1. The molecule has 7 nitrogen and oxygen atoms in total. The van der Waals surface area contributed by atoms with Gasteiger partial charge in [0.05, 0.1) is 29.6 Å². The Morgan fingerprint density at radius 1 is 1.34 bits per heavy atom. The minimum absolute atomic E-state index is 0.0377. The fourth-order valence-electron chi connectivity index (χ4n) is 3.97. The van der Waals surface area contributed by atoms with Crippen LogP contribution in [0.1, 0.15) is 40.3 Å². The summed E-state index contributed by atoms with van der Waals surface area (Å²) >= 11 is 6.60. The molecular weight excluding hydrogens is 507 g/mol. The molecule has 1 aliphatic carbocycles. The number of halogens is 4. The number of aromatic carboxylic acids is 1. The van der Waals surface area contributed by atoms with Gasteiger partial charge in [0.15, 0.2) is 11.6 Å². The maximum atomic E-state index is 14.7. The molecule has 184 valence electrons. The molecule has 0 bridgehead atoms. The molecule has 0 radical (unpaired) electrons. The summed E-state index contributed by atoms with van der Waals surface area (Å²) in [6.07, 6.45) is 5.03. The number of carboxylic acids is 1. The molecule has 0 aliphatic heterocycles. The van der Waals surface area contributed by atoms with Gasteiger partial charge in [0.25, 0.3) is 0 Å². The van der Waals surface area contributed by atoms with Gasteiger partial charge >= 0.3 is 5.97 Å². The van der Waals surface area contributed by atoms with E-state index >= 15 is 0 Å². The van der Waals surface area contributed by atoms with Gasteiger partial charge in [-0.15, -0.1) is 11.3 Å². The van der Waals surface area contributed by atoms with Crippen molar-refractivity contribution in [3.8, 4) is 11.3 Å². The van der Waals surface area contributed by atoms with Crippen molar-refractivity contribution in [3.05, 3.63) is 80.3 Å². The summed E-state index contributed by atoms with van der Waals surface area (Å²) in [6, 6.07) is 2.19. The number of imidazole rings is 1. The second-order valence-corrected chi connectivity index (χ2v) is 9.25. The first-order valence-corrected chi connectivity index (χ1v) is 11.6. The van der Waals surface area contributed by atoms with Crippen molar-refractivity contribution in [2.24, 2.45) is 0 Å². The first kappa shape index (κ1) is 25.1. The Bertz CT molecular complexity index is 1350. The molecule has 1 unspecified atom stereocenters. The predicted octanol–water partition coefficient (Wildman–Crippen LogP) is 4.37. The number of rotatable bonds is 7. The van der Waals surface area contributed by atoms with Crippen molar-refractivity contribution < 1.29 is 38.5 Å². The average Bonchev–Trinajstić information content (AvgIpc) is 3.54. The third-order valence-corrected chi connectivity index (χ3v) is 6.92. The number of aliphatic hydroxyl groups is 1. The Balaban J connectivity index is 1.63. The number of nitrogens with zero attached hydrogens (tertiary/aromatic N) is 1. The SMILES string of the molecule is CO[NH2+]/C=C(\C=C1\CCC(O)(c2ncc(-c3csc(C(=O)O)c3F)[nH]2)C1)c1c(F)ccc(Cl)c1F. The lowest BCUT2D eigenvalue weighted by Crippen LogP contribution is -2.76. The summed E-state index contributed by atoms with van der Waals surface area (Å²) in [5, 5.41) is 21.4. The second kappa shape index (κ2) is 9.96. The Kier molecular flexibility index (Phi) is 7.15. The van der Waals surface area contributed by atoms with Crippen LogP contribution in [-0.2, 0) is 10.4 Å². The number of nitrogens with two attached hydrogens (primary N) is 1. The monoisotopic (exact) mass is 526 g/mol. The van der Waals surface area contributed by atoms with E-state index in [-0.39, 0.29) is 46.1 Å². The van der Waals surface area contributed by atoms with Gasteiger partial charge in [-0.05, 0) is 31.1 Å². The molecule has 1 fully saturated rings. The number of allylic oxidation sites excluding steroid dienone is 2. The molecule has 2 aromatic heterocycles. The van der Waals surface area contributed by atoms with Gasteiger partial charge in [0, 0.05) is 22.9 Å². The molecule has 0 spiro atoms. The van der Waals surface area contributed by atoms with Crippen LogP contribution >= 0.6 is 22.9 Å². The molecule has 0 saturated heterocycles. The van der Waals surface area contributed by atoms with Crippen LogP contribution < -0.4 is 5.48 Å². The first-order valence-electron chi connectivity index (χ1n) is 10.3. The van der Waals surface area contributed by atoms with Crippen LogP contribution in [0.25, 0.3) is 16.8 Å². The molecule has 0 amide bonds. The van der Waals surface area contributed by atoms with Crippen molar-refractivity contribution in [2.75, 3.05) is 7.11 Å². The van der Waals surface area contributed by atoms with Gasteiger partial charge in [-0.1, -0.05) is 17.2 Å². The van der Waals surface area contributed by atoms with Gasteiger partial charge in [-0.2, -0.15) is 5.48 Å². The molecule has 2 heterocycles. The zero-order chi connectivity index (χ0) is 25.3. The van der Waals surface area contributed by atoms with E-state index < -0.39 is 33.9 Å². The van der Waals surface area contributed by atoms with Crippen LogP contribution in [0.3, 0.4) is 0 Å². The normalized spacial score (nSPS) is 19.6. The van der Waals surface area contributed by atoms with Gasteiger partial charge in [0.1, 0.15) is 28.3 Å². The van der Waals surface area contributed by atoms with E-state index in [9.17, 15) is 23.1 Å². The minimum Gasteiger partial charge on any atom is -0.477 e. The summed E-state index contributed by atoms with van der Waals surface area (Å²) < 4.78 is 43.6. The summed E-state index contributed by atoms with van der Waals surface area (Å²) in [5.74, 6) is -3.80. The number of hydrogen-bond donors (Lipinski definition) is 4. The van der Waals surface area contributed by atoms with E-state index in [0.29, 0.717) is 12.0 Å². The molecule has 4 rings (SSSR count). The Morgan fingerprint density at radius 2 is 2.11 bits per heavy atom. The second-order valence-electron chi connectivity index (χ2n) is 7.97. The average molecular weight is 527 g/mol. The predicted molar refractivity (Wildman–Crippen MR) is 123 cm³/mol. The highest BCUT2D eigenvalue weighted by molar-refractivity contribution is 7.12. The van der Waals surface area contributed by atoms with E-state index in [4.69, 9.17) is 21.5 Å². The molecule has 1 atom stereocenters. The molecular formula is C23H20ClF3N3O4S+. The highest BCUT2D eigenvalue weighted by atomic mass is 35.5. The standard InChI is InChI=1S/C23H19ClF3N3O4S/c1-34-29-8-12(17-15(25)3-2-14(24)19(17)27)6-11-4-5-23(33,7-11)22-28-9-16(30-22)13-10-35-20(18(13)26)21(31)32/h2-3,6,8-10,29,33H,4-5,7H2,1H3,(H,28,30)(H,31,32)/p+1/b11-6-,12-8+. The molecule has 1 aliphatic rings. The van der Waals surface area contributed by atoms with Crippen LogP contribution in [0.5, 0.6) is 0 Å². The molecule has 1 aromatic carbocycles. The van der Waals surface area contributed by atoms with E-state index in [1.807, 2.05) is 0 Å². The topological polar surface area (TPSA) is 112 Å². The Morgan fingerprint density at radius 3 is 2.80 bits per heavy atom. The van der Waals surface area contributed by atoms with Crippen molar-refractivity contribution in [1.29, 1.82) is 0 Å². The fourth-order valence-corrected chi connectivity index (χ4v) is 4.90. The summed E-state index contributed by atoms with van der Waals surface area (Å²) in [6.45, 7) is 0. The number of H-pyrrole nitrogens is 1. The van der Waals surface area contributed by atoms with Gasteiger partial charge in [-0.25, -0.2) is 27.8 Å². The van der Waals surface area contributed by atoms with E-state index in [1.54, 1.807) is 6.08 Å². The Labute approximate surface area is 206 Å². The number of aromatic amines is 1. The van der Waals surface area contributed by atoms with Crippen molar-refractivity contribution in [2.45, 2.75) is 24.9 Å². The van der Waals surface area contributed by atoms with Gasteiger partial charge < -0.3 is 15.2 Å². The summed E-state index contributed by atoms with van der Waals surface area (Å²) in [5.41, 5.74) is 0.637. The van der Waals surface area contributed by atoms with E-state index in [2.05, 4.69) is 9.97 Å². The van der Waals surface area contributed by atoms with Crippen LogP contribution in [0.15, 0.2) is 41.6 Å². The lowest BCUT2D eigenvalue weighted by atomic mass is 9.99. The maximum Gasteiger partial charge on any atom is 0.348 e. The number of hydrogen-bond acceptors (Lipinski definition) is 5. The highest BCUT2D eigenvalue weighted by Gasteiger charge is 2.39. The molecule has 5 N–H and O–H groups in total. The lowest BCUT2D eigenvalue weighted by molar-refractivity contribution is -0.842. The number of aromatic nitrogens is 2. The van der Waals surface area contributed by atoms with Crippen molar-refractivity contribution in [1.82, 2.24) is 9.97 Å². The van der Waals surface area contributed by atoms with Crippen LogP contribution in [0.2, 0.25) is 5.02 Å². The summed E-state index contributed by atoms with van der Waals surface area (Å²) in [7, 11) is 1.39. The van der Waals surface area contributed by atoms with Crippen molar-refractivity contribution >= 4 is 34.5 Å². The quantitative estimate of drug-likeness (QED) is 0.270. The van der Waals surface area contributed by atoms with Crippen LogP contribution in [0, 0.1) is 17.5 Å². The number of benzene rings is 1. The van der Waals surface area contributed by atoms with E-state index in [0.717, 1.165) is 23.5 Å². The number of thiophene rings is 1. The van der Waals surface area contributed by atoms with Crippen LogP contribution in [-0.4, -0.2) is 33.3 Å². The largest absolute Gasteiger partial charge is 0.477 e.